The van der Waals surface area contributed by atoms with E-state index in [0.717, 1.165) is 24.2 Å². The summed E-state index contributed by atoms with van der Waals surface area (Å²) in [7, 11) is 0. The van der Waals surface area contributed by atoms with Gasteiger partial charge in [-0.15, -0.1) is 0 Å². The summed E-state index contributed by atoms with van der Waals surface area (Å²) in [5, 5.41) is 11.9. The van der Waals surface area contributed by atoms with Gasteiger partial charge in [0.05, 0.1) is 0 Å². The Balaban J connectivity index is 1.90. The number of carbonyl (C=O) groups is 1. The third kappa shape index (κ3) is 3.51. The minimum atomic E-state index is -0.208. The number of carbonyl (C=O) groups excluding carboxylic acids is 1. The van der Waals surface area contributed by atoms with Gasteiger partial charge in [-0.25, -0.2) is 0 Å². The molecule has 0 bridgehead atoms. The average molecular weight is 277 g/mol. The van der Waals surface area contributed by atoms with Gasteiger partial charge >= 0.3 is 0 Å². The molecule has 20 heavy (non-hydrogen) atoms. The van der Waals surface area contributed by atoms with Crippen LogP contribution in [0.5, 0.6) is 5.75 Å². The van der Waals surface area contributed by atoms with Gasteiger partial charge in [0.25, 0.3) is 0 Å². The molecule has 0 aliphatic carbocycles. The van der Waals surface area contributed by atoms with Crippen LogP contribution in [0, 0.1) is 5.41 Å². The Morgan fingerprint density at radius 3 is 2.95 bits per heavy atom. The van der Waals surface area contributed by atoms with E-state index in [-0.39, 0.29) is 23.8 Å². The van der Waals surface area contributed by atoms with Crippen LogP contribution in [0.3, 0.4) is 0 Å². The Morgan fingerprint density at radius 1 is 1.45 bits per heavy atom. The number of hydrogen-bond acceptors (Lipinski definition) is 3. The molecule has 1 heterocycles. The highest BCUT2D eigenvalue weighted by Gasteiger charge is 2.30. The van der Waals surface area contributed by atoms with Crippen LogP contribution in [-0.2, 0) is 4.79 Å². The maximum atomic E-state index is 12.3. The second-order valence-electron chi connectivity index (χ2n) is 6.11. The molecule has 1 aromatic carbocycles. The number of para-hydroxylation sites is 1. The molecular formula is C16H23NO3. The number of benzene rings is 1. The van der Waals surface area contributed by atoms with Gasteiger partial charge in [0.15, 0.2) is 0 Å². The molecule has 1 amide bonds. The second kappa shape index (κ2) is 6.27. The smallest absolute Gasteiger partial charge is 0.231 e. The van der Waals surface area contributed by atoms with Gasteiger partial charge in [-0.3, -0.25) is 4.79 Å². The summed E-state index contributed by atoms with van der Waals surface area (Å²) in [6.07, 6.45) is 1.65. The first-order chi connectivity index (χ1) is 9.53. The van der Waals surface area contributed by atoms with E-state index in [0.29, 0.717) is 13.2 Å². The van der Waals surface area contributed by atoms with E-state index in [1.807, 2.05) is 24.3 Å². The predicted molar refractivity (Wildman–Crippen MR) is 77.8 cm³/mol. The van der Waals surface area contributed by atoms with Gasteiger partial charge < -0.3 is 15.2 Å². The first kappa shape index (κ1) is 14.9. The van der Waals surface area contributed by atoms with Gasteiger partial charge in [-0.05, 0) is 24.3 Å². The van der Waals surface area contributed by atoms with Crippen molar-refractivity contribution in [3.8, 4) is 5.75 Å². The Bertz CT molecular complexity index is 471. The van der Waals surface area contributed by atoms with E-state index < -0.39 is 0 Å². The lowest BCUT2D eigenvalue weighted by Crippen LogP contribution is -2.37. The van der Waals surface area contributed by atoms with E-state index in [1.165, 1.54) is 0 Å². The summed E-state index contributed by atoms with van der Waals surface area (Å²) < 4.78 is 5.54. The third-order valence-corrected chi connectivity index (χ3v) is 3.77. The third-order valence-electron chi connectivity index (χ3n) is 3.77. The molecule has 1 aliphatic heterocycles. The molecule has 4 heteroatoms. The number of rotatable bonds is 6. The van der Waals surface area contributed by atoms with Crippen LogP contribution in [0.2, 0.25) is 0 Å². The SMILES string of the molecule is CC(C)(CCCO)CNC(=O)C1COc2ccccc21. The normalized spacial score (nSPS) is 17.4. The van der Waals surface area contributed by atoms with Crippen molar-refractivity contribution < 1.29 is 14.6 Å². The Labute approximate surface area is 120 Å². The highest BCUT2D eigenvalue weighted by molar-refractivity contribution is 5.85. The summed E-state index contributed by atoms with van der Waals surface area (Å²) in [5.74, 6) is 0.624. The molecule has 1 unspecified atom stereocenters. The maximum Gasteiger partial charge on any atom is 0.231 e. The van der Waals surface area contributed by atoms with Crippen molar-refractivity contribution in [2.24, 2.45) is 5.41 Å². The first-order valence-electron chi connectivity index (χ1n) is 7.14. The van der Waals surface area contributed by atoms with Crippen LogP contribution in [-0.4, -0.2) is 30.8 Å². The topological polar surface area (TPSA) is 58.6 Å². The van der Waals surface area contributed by atoms with Crippen molar-refractivity contribution in [2.75, 3.05) is 19.8 Å². The fraction of sp³-hybridized carbons (Fsp3) is 0.562. The number of amides is 1. The molecular weight excluding hydrogens is 254 g/mol. The zero-order valence-corrected chi connectivity index (χ0v) is 12.2. The molecule has 0 saturated heterocycles. The van der Waals surface area contributed by atoms with E-state index in [9.17, 15) is 4.79 Å². The number of fused-ring (bicyclic) bond motifs is 1. The van der Waals surface area contributed by atoms with Crippen LogP contribution in [0.4, 0.5) is 0 Å². The lowest BCUT2D eigenvalue weighted by molar-refractivity contribution is -0.123. The van der Waals surface area contributed by atoms with Crippen molar-refractivity contribution in [2.45, 2.75) is 32.6 Å². The fourth-order valence-corrected chi connectivity index (χ4v) is 2.48. The van der Waals surface area contributed by atoms with Gasteiger partial charge in [0.2, 0.25) is 5.91 Å². The van der Waals surface area contributed by atoms with Gasteiger partial charge in [-0.2, -0.15) is 0 Å². The Morgan fingerprint density at radius 2 is 2.20 bits per heavy atom. The summed E-state index contributed by atoms with van der Waals surface area (Å²) in [6, 6.07) is 7.69. The number of aliphatic hydroxyl groups is 1. The van der Waals surface area contributed by atoms with Gasteiger partial charge in [0, 0.05) is 18.7 Å². The fourth-order valence-electron chi connectivity index (χ4n) is 2.48. The van der Waals surface area contributed by atoms with Crippen LogP contribution in [0.15, 0.2) is 24.3 Å². The lowest BCUT2D eigenvalue weighted by Gasteiger charge is -2.25. The molecule has 1 aromatic rings. The molecule has 1 aliphatic rings. The largest absolute Gasteiger partial charge is 0.492 e. The minimum absolute atomic E-state index is 0.00261. The molecule has 2 N–H and O–H groups in total. The summed E-state index contributed by atoms with van der Waals surface area (Å²) in [5.41, 5.74) is 0.968. The monoisotopic (exact) mass is 277 g/mol. The van der Waals surface area contributed by atoms with Crippen LogP contribution >= 0.6 is 0 Å². The molecule has 0 spiro atoms. The van der Waals surface area contributed by atoms with Crippen LogP contribution < -0.4 is 10.1 Å². The summed E-state index contributed by atoms with van der Waals surface area (Å²) in [4.78, 5) is 12.3. The molecule has 110 valence electrons. The number of aliphatic hydroxyl groups excluding tert-OH is 1. The van der Waals surface area contributed by atoms with Crippen molar-refractivity contribution >= 4 is 5.91 Å². The molecule has 0 radical (unpaired) electrons. The molecule has 2 rings (SSSR count). The quantitative estimate of drug-likeness (QED) is 0.837. The zero-order valence-electron chi connectivity index (χ0n) is 12.2. The zero-order chi connectivity index (χ0) is 14.6. The molecule has 0 saturated carbocycles. The minimum Gasteiger partial charge on any atom is -0.492 e. The summed E-state index contributed by atoms with van der Waals surface area (Å²) >= 11 is 0. The van der Waals surface area contributed by atoms with Gasteiger partial charge in [0.1, 0.15) is 18.3 Å². The molecule has 1 atom stereocenters. The van der Waals surface area contributed by atoms with E-state index in [4.69, 9.17) is 9.84 Å². The van der Waals surface area contributed by atoms with Crippen molar-refractivity contribution in [1.29, 1.82) is 0 Å². The molecule has 0 fully saturated rings. The highest BCUT2D eigenvalue weighted by Crippen LogP contribution is 2.33. The molecule has 4 nitrogen and oxygen atoms in total. The van der Waals surface area contributed by atoms with E-state index >= 15 is 0 Å². The van der Waals surface area contributed by atoms with Crippen molar-refractivity contribution in [3.63, 3.8) is 0 Å². The van der Waals surface area contributed by atoms with E-state index in [1.54, 1.807) is 0 Å². The van der Waals surface area contributed by atoms with Crippen molar-refractivity contribution in [3.05, 3.63) is 29.8 Å². The highest BCUT2D eigenvalue weighted by atomic mass is 16.5. The Hall–Kier alpha value is -1.55. The Kier molecular flexibility index (Phi) is 4.65. The predicted octanol–water partition coefficient (Wildman–Crippen LogP) is 2.08. The van der Waals surface area contributed by atoms with E-state index in [2.05, 4.69) is 19.2 Å². The first-order valence-corrected chi connectivity index (χ1v) is 7.14. The van der Waals surface area contributed by atoms with Gasteiger partial charge in [-0.1, -0.05) is 32.0 Å². The maximum absolute atomic E-state index is 12.3. The lowest BCUT2D eigenvalue weighted by atomic mass is 9.87. The molecule has 0 aromatic heterocycles. The summed E-state index contributed by atoms with van der Waals surface area (Å²) in [6.45, 7) is 5.43. The number of ether oxygens (including phenoxy) is 1. The van der Waals surface area contributed by atoms with Crippen molar-refractivity contribution in [1.82, 2.24) is 5.32 Å². The van der Waals surface area contributed by atoms with Crippen LogP contribution in [0.1, 0.15) is 38.2 Å². The standard InChI is InChI=1S/C16H23NO3/c1-16(2,8-5-9-18)11-17-15(19)13-10-20-14-7-4-3-6-12(13)14/h3-4,6-7,13,18H,5,8-11H2,1-2H3,(H,17,19). The number of hydrogen-bond donors (Lipinski definition) is 2. The average Bonchev–Trinajstić information content (AvgIpc) is 2.87. The second-order valence-corrected chi connectivity index (χ2v) is 6.11. The van der Waals surface area contributed by atoms with Crippen LogP contribution in [0.25, 0.3) is 0 Å². The number of nitrogens with one attached hydrogen (secondary N) is 1.